The lowest BCUT2D eigenvalue weighted by molar-refractivity contribution is 1.15. The van der Waals surface area contributed by atoms with Gasteiger partial charge in [-0.25, -0.2) is 9.97 Å². The molecular weight excluding hydrogens is 228 g/mol. The molecule has 4 nitrogen and oxygen atoms in total. The third kappa shape index (κ3) is 2.90. The quantitative estimate of drug-likeness (QED) is 0.807. The van der Waals surface area contributed by atoms with Crippen LogP contribution in [0.3, 0.4) is 0 Å². The lowest BCUT2D eigenvalue weighted by Gasteiger charge is -2.02. The van der Waals surface area contributed by atoms with Crippen molar-refractivity contribution in [3.63, 3.8) is 0 Å². The van der Waals surface area contributed by atoms with Crippen molar-refractivity contribution in [2.75, 3.05) is 17.3 Å². The molecule has 0 saturated heterocycles. The normalized spacial score (nSPS) is 10.3. The van der Waals surface area contributed by atoms with Crippen molar-refractivity contribution in [2.45, 2.75) is 13.8 Å². The molecule has 80 valence electrons. The summed E-state index contributed by atoms with van der Waals surface area (Å²) in [7, 11) is 0. The van der Waals surface area contributed by atoms with Crippen molar-refractivity contribution in [1.82, 2.24) is 9.97 Å². The molecule has 0 aliphatic carbocycles. The maximum atomic E-state index is 4.30. The number of aryl methyl sites for hydroxylation is 2. The van der Waals surface area contributed by atoms with E-state index in [-0.39, 0.29) is 0 Å². The largest absolute Gasteiger partial charge is 0.344 e. The average Bonchev–Trinajstić information content (AvgIpc) is 2.76. The van der Waals surface area contributed by atoms with Crippen LogP contribution in [0, 0.1) is 13.8 Å². The SMILES string of the molecule is Cc1csc(NCNc2nc(C)cs2)n1. The Morgan fingerprint density at radius 3 is 1.80 bits per heavy atom. The summed E-state index contributed by atoms with van der Waals surface area (Å²) >= 11 is 3.22. The first-order valence-electron chi connectivity index (χ1n) is 4.56. The van der Waals surface area contributed by atoms with E-state index in [0.29, 0.717) is 6.67 Å². The van der Waals surface area contributed by atoms with Gasteiger partial charge in [-0.15, -0.1) is 22.7 Å². The summed E-state index contributed by atoms with van der Waals surface area (Å²) < 4.78 is 0. The highest BCUT2D eigenvalue weighted by molar-refractivity contribution is 7.14. The van der Waals surface area contributed by atoms with E-state index in [0.717, 1.165) is 21.7 Å². The number of hydrogen-bond donors (Lipinski definition) is 2. The molecule has 2 aromatic heterocycles. The summed E-state index contributed by atoms with van der Waals surface area (Å²) in [6, 6.07) is 0. The first-order valence-corrected chi connectivity index (χ1v) is 6.32. The lowest BCUT2D eigenvalue weighted by Crippen LogP contribution is -2.11. The highest BCUT2D eigenvalue weighted by Gasteiger charge is 1.98. The topological polar surface area (TPSA) is 49.8 Å². The minimum absolute atomic E-state index is 0.653. The Bertz CT molecular complexity index is 395. The predicted molar refractivity (Wildman–Crippen MR) is 65.8 cm³/mol. The van der Waals surface area contributed by atoms with Crippen LogP contribution in [0.4, 0.5) is 10.3 Å². The molecule has 0 saturated carbocycles. The van der Waals surface area contributed by atoms with Gasteiger partial charge in [-0.05, 0) is 13.8 Å². The highest BCUT2D eigenvalue weighted by Crippen LogP contribution is 2.16. The van der Waals surface area contributed by atoms with Crippen LogP contribution >= 0.6 is 22.7 Å². The van der Waals surface area contributed by atoms with Gasteiger partial charge in [-0.2, -0.15) is 0 Å². The van der Waals surface area contributed by atoms with Crippen LogP contribution < -0.4 is 10.6 Å². The molecule has 0 atom stereocenters. The Hall–Kier alpha value is -1.14. The fraction of sp³-hybridized carbons (Fsp3) is 0.333. The van der Waals surface area contributed by atoms with Crippen LogP contribution in [0.15, 0.2) is 10.8 Å². The summed E-state index contributed by atoms with van der Waals surface area (Å²) in [5.41, 5.74) is 2.10. The Morgan fingerprint density at radius 1 is 1.00 bits per heavy atom. The molecule has 0 aliphatic rings. The Balaban J connectivity index is 1.80. The molecule has 6 heteroatoms. The van der Waals surface area contributed by atoms with Gasteiger partial charge in [0.2, 0.25) is 0 Å². The summed E-state index contributed by atoms with van der Waals surface area (Å²) in [6.45, 7) is 4.62. The molecule has 0 bridgehead atoms. The van der Waals surface area contributed by atoms with Crippen molar-refractivity contribution in [3.05, 3.63) is 22.1 Å². The molecule has 2 aromatic rings. The van der Waals surface area contributed by atoms with Gasteiger partial charge < -0.3 is 10.6 Å². The van der Waals surface area contributed by atoms with Gasteiger partial charge in [0.1, 0.15) is 0 Å². The van der Waals surface area contributed by atoms with Crippen molar-refractivity contribution in [2.24, 2.45) is 0 Å². The van der Waals surface area contributed by atoms with E-state index in [2.05, 4.69) is 20.6 Å². The standard InChI is InChI=1S/C9H12N4S2/c1-6-3-14-8(12-6)10-5-11-9-13-7(2)4-15-9/h3-4H,5H2,1-2H3,(H,10,12)(H,11,13). The Kier molecular flexibility index (Phi) is 3.17. The molecule has 15 heavy (non-hydrogen) atoms. The number of thiazole rings is 2. The van der Waals surface area contributed by atoms with Crippen LogP contribution in [-0.2, 0) is 0 Å². The second-order valence-corrected chi connectivity index (χ2v) is 4.83. The van der Waals surface area contributed by atoms with Gasteiger partial charge in [-0.1, -0.05) is 0 Å². The van der Waals surface area contributed by atoms with Gasteiger partial charge in [0, 0.05) is 10.8 Å². The van der Waals surface area contributed by atoms with Gasteiger partial charge in [0.05, 0.1) is 18.1 Å². The van der Waals surface area contributed by atoms with Crippen LogP contribution in [-0.4, -0.2) is 16.6 Å². The monoisotopic (exact) mass is 240 g/mol. The summed E-state index contributed by atoms with van der Waals surface area (Å²) in [5, 5.41) is 12.3. The smallest absolute Gasteiger partial charge is 0.184 e. The van der Waals surface area contributed by atoms with E-state index in [4.69, 9.17) is 0 Å². The molecule has 0 spiro atoms. The van der Waals surface area contributed by atoms with Crippen LogP contribution in [0.1, 0.15) is 11.4 Å². The minimum atomic E-state index is 0.653. The molecule has 0 fully saturated rings. The van der Waals surface area contributed by atoms with E-state index in [1.165, 1.54) is 0 Å². The average molecular weight is 240 g/mol. The zero-order valence-electron chi connectivity index (χ0n) is 8.57. The van der Waals surface area contributed by atoms with Crippen LogP contribution in [0.5, 0.6) is 0 Å². The van der Waals surface area contributed by atoms with E-state index in [1.54, 1.807) is 22.7 Å². The zero-order valence-corrected chi connectivity index (χ0v) is 10.2. The second-order valence-electron chi connectivity index (χ2n) is 3.12. The fourth-order valence-corrected chi connectivity index (χ4v) is 2.44. The number of rotatable bonds is 4. The fourth-order valence-electron chi connectivity index (χ4n) is 1.07. The summed E-state index contributed by atoms with van der Waals surface area (Å²) in [5.74, 6) is 0. The zero-order chi connectivity index (χ0) is 10.7. The lowest BCUT2D eigenvalue weighted by atomic mass is 10.6. The molecule has 0 radical (unpaired) electrons. The van der Waals surface area contributed by atoms with Crippen molar-refractivity contribution in [3.8, 4) is 0 Å². The maximum Gasteiger partial charge on any atom is 0.184 e. The molecule has 2 heterocycles. The van der Waals surface area contributed by atoms with Crippen LogP contribution in [0.2, 0.25) is 0 Å². The number of anilines is 2. The van der Waals surface area contributed by atoms with Gasteiger partial charge in [0.25, 0.3) is 0 Å². The minimum Gasteiger partial charge on any atom is -0.344 e. The number of nitrogens with one attached hydrogen (secondary N) is 2. The summed E-state index contributed by atoms with van der Waals surface area (Å²) in [4.78, 5) is 8.59. The Morgan fingerprint density at radius 2 is 1.47 bits per heavy atom. The molecule has 0 aliphatic heterocycles. The highest BCUT2D eigenvalue weighted by atomic mass is 32.1. The summed E-state index contributed by atoms with van der Waals surface area (Å²) in [6.07, 6.45) is 0. The first kappa shape index (κ1) is 10.4. The molecule has 2 rings (SSSR count). The van der Waals surface area contributed by atoms with Gasteiger partial charge >= 0.3 is 0 Å². The van der Waals surface area contributed by atoms with E-state index < -0.39 is 0 Å². The molecule has 2 N–H and O–H groups in total. The molecule has 0 unspecified atom stereocenters. The van der Waals surface area contributed by atoms with E-state index >= 15 is 0 Å². The number of hydrogen-bond acceptors (Lipinski definition) is 6. The molecule has 0 amide bonds. The predicted octanol–water partition coefficient (Wildman–Crippen LogP) is 2.70. The van der Waals surface area contributed by atoms with Gasteiger partial charge in [-0.3, -0.25) is 0 Å². The molecular formula is C9H12N4S2. The first-order chi connectivity index (χ1) is 7.24. The van der Waals surface area contributed by atoms with Gasteiger partial charge in [0.15, 0.2) is 10.3 Å². The van der Waals surface area contributed by atoms with Crippen molar-refractivity contribution >= 4 is 32.9 Å². The van der Waals surface area contributed by atoms with Crippen molar-refractivity contribution < 1.29 is 0 Å². The third-order valence-corrected chi connectivity index (χ3v) is 3.55. The van der Waals surface area contributed by atoms with Crippen LogP contribution in [0.25, 0.3) is 0 Å². The van der Waals surface area contributed by atoms with E-state index in [1.807, 2.05) is 24.6 Å². The second kappa shape index (κ2) is 4.59. The van der Waals surface area contributed by atoms with Crippen molar-refractivity contribution in [1.29, 1.82) is 0 Å². The number of nitrogens with zero attached hydrogens (tertiary/aromatic N) is 2. The number of aromatic nitrogens is 2. The maximum absolute atomic E-state index is 4.30. The Labute approximate surface area is 96.4 Å². The van der Waals surface area contributed by atoms with E-state index in [9.17, 15) is 0 Å². The molecule has 0 aromatic carbocycles. The third-order valence-electron chi connectivity index (χ3n) is 1.72.